The van der Waals surface area contributed by atoms with Crippen molar-refractivity contribution in [2.45, 2.75) is 25.7 Å². The largest absolute Gasteiger partial charge is 0.456 e. The fourth-order valence-electron chi connectivity index (χ4n) is 3.98. The normalized spacial score (nSPS) is 11.6. The highest BCUT2D eigenvalue weighted by Gasteiger charge is 2.21. The van der Waals surface area contributed by atoms with Crippen LogP contribution in [0.1, 0.15) is 28.5 Å². The first kappa shape index (κ1) is 24.2. The first-order valence-electron chi connectivity index (χ1n) is 10.9. The zero-order chi connectivity index (χ0) is 25.5. The molecule has 0 unspecified atom stereocenters. The van der Waals surface area contributed by atoms with Crippen molar-refractivity contribution in [1.29, 1.82) is 0 Å². The second-order valence-corrected chi connectivity index (χ2v) is 9.88. The van der Waals surface area contributed by atoms with Gasteiger partial charge in [-0.2, -0.15) is 0 Å². The number of hydrogen-bond acceptors (Lipinski definition) is 5. The minimum Gasteiger partial charge on any atom is -0.456 e. The average molecular weight is 495 g/mol. The number of nitrogens with zero attached hydrogens (tertiary/aromatic N) is 1. The Morgan fingerprint density at radius 1 is 1.11 bits per heavy atom. The predicted octanol–water partition coefficient (Wildman–Crippen LogP) is 3.34. The maximum atomic E-state index is 12.8. The summed E-state index contributed by atoms with van der Waals surface area (Å²) in [7, 11) is -2.45. The number of aromatic amines is 1. The smallest absolute Gasteiger partial charge is 0.274 e. The van der Waals surface area contributed by atoms with Crippen LogP contribution in [-0.2, 0) is 17.1 Å². The number of primary sulfonamides is 1. The van der Waals surface area contributed by atoms with E-state index in [0.717, 1.165) is 11.1 Å². The molecule has 0 aliphatic carbocycles. The number of benzene rings is 2. The molecule has 4 aromatic rings. The van der Waals surface area contributed by atoms with Crippen molar-refractivity contribution in [1.82, 2.24) is 14.9 Å². The van der Waals surface area contributed by atoms with E-state index in [1.165, 1.54) is 22.8 Å². The Labute approximate surface area is 202 Å². The number of amides is 1. The van der Waals surface area contributed by atoms with Gasteiger partial charge in [0.25, 0.3) is 11.5 Å². The first-order valence-corrected chi connectivity index (χ1v) is 12.5. The van der Waals surface area contributed by atoms with Crippen LogP contribution in [0.3, 0.4) is 0 Å². The summed E-state index contributed by atoms with van der Waals surface area (Å²) in [5.74, 6) is 0.646. The van der Waals surface area contributed by atoms with Gasteiger partial charge in [0.15, 0.2) is 0 Å². The maximum Gasteiger partial charge on any atom is 0.274 e. The molecule has 9 nitrogen and oxygen atoms in total. The van der Waals surface area contributed by atoms with Gasteiger partial charge in [-0.25, -0.2) is 13.6 Å². The Balaban J connectivity index is 2.02. The number of nitrogens with one attached hydrogen (secondary N) is 2. The van der Waals surface area contributed by atoms with Crippen molar-refractivity contribution >= 4 is 26.8 Å². The van der Waals surface area contributed by atoms with Gasteiger partial charge in [0.2, 0.25) is 10.0 Å². The number of aryl methyl sites for hydroxylation is 3. The van der Waals surface area contributed by atoms with Crippen LogP contribution >= 0.6 is 0 Å². The second kappa shape index (κ2) is 9.05. The Bertz CT molecular complexity index is 1610. The Morgan fingerprint density at radius 2 is 1.80 bits per heavy atom. The second-order valence-electron chi connectivity index (χ2n) is 8.32. The highest BCUT2D eigenvalue weighted by Crippen LogP contribution is 2.39. The zero-order valence-corrected chi connectivity index (χ0v) is 20.6. The number of rotatable bonds is 6. The lowest BCUT2D eigenvalue weighted by Crippen LogP contribution is -2.23. The van der Waals surface area contributed by atoms with E-state index in [9.17, 15) is 18.0 Å². The molecule has 0 saturated carbocycles. The molecule has 0 bridgehead atoms. The van der Waals surface area contributed by atoms with Gasteiger partial charge in [-0.05, 0) is 56.2 Å². The lowest BCUT2D eigenvalue weighted by Gasteiger charge is -2.17. The van der Waals surface area contributed by atoms with Crippen molar-refractivity contribution in [2.24, 2.45) is 12.2 Å². The number of ether oxygens (including phenoxy) is 1. The van der Waals surface area contributed by atoms with Crippen molar-refractivity contribution in [3.8, 4) is 22.6 Å². The number of pyridine rings is 1. The van der Waals surface area contributed by atoms with E-state index in [4.69, 9.17) is 9.88 Å². The standard InChI is InChI=1S/C25H26N4O5S/c1-5-27-24(30)20-12-18-19(13-29(4)25(31)22(18)28-20)17-11-16(35(26,32)33)9-10-21(17)34-23-14(2)7-6-8-15(23)3/h6-13,28H,5H2,1-4H3,(H,27,30)(H2,26,32,33). The Morgan fingerprint density at radius 3 is 2.43 bits per heavy atom. The number of carbonyl (C=O) groups excluding carboxylic acids is 1. The van der Waals surface area contributed by atoms with Crippen LogP contribution < -0.4 is 20.8 Å². The van der Waals surface area contributed by atoms with Crippen molar-refractivity contribution in [3.05, 3.63) is 75.8 Å². The molecule has 4 N–H and O–H groups in total. The summed E-state index contributed by atoms with van der Waals surface area (Å²) in [5, 5.41) is 8.57. The lowest BCUT2D eigenvalue weighted by atomic mass is 10.0. The van der Waals surface area contributed by atoms with Gasteiger partial charge in [0.05, 0.1) is 4.90 Å². The zero-order valence-electron chi connectivity index (χ0n) is 19.8. The molecule has 0 spiro atoms. The van der Waals surface area contributed by atoms with Crippen molar-refractivity contribution < 1.29 is 17.9 Å². The van der Waals surface area contributed by atoms with E-state index in [1.54, 1.807) is 26.2 Å². The molecular formula is C25H26N4O5S. The number of carbonyl (C=O) groups is 1. The molecule has 0 aliphatic heterocycles. The molecule has 4 rings (SSSR count). The van der Waals surface area contributed by atoms with E-state index in [2.05, 4.69) is 10.3 Å². The van der Waals surface area contributed by atoms with Gasteiger partial charge in [-0.3, -0.25) is 9.59 Å². The van der Waals surface area contributed by atoms with E-state index < -0.39 is 10.0 Å². The average Bonchev–Trinajstić information content (AvgIpc) is 3.24. The van der Waals surface area contributed by atoms with Crippen LogP contribution in [0.25, 0.3) is 22.0 Å². The summed E-state index contributed by atoms with van der Waals surface area (Å²) in [6, 6.07) is 11.6. The number of hydrogen-bond donors (Lipinski definition) is 3. The molecule has 35 heavy (non-hydrogen) atoms. The van der Waals surface area contributed by atoms with Gasteiger partial charge in [-0.1, -0.05) is 18.2 Å². The summed E-state index contributed by atoms with van der Waals surface area (Å²) >= 11 is 0. The van der Waals surface area contributed by atoms with Crippen LogP contribution in [-0.4, -0.2) is 30.4 Å². The van der Waals surface area contributed by atoms with Crippen LogP contribution in [0.2, 0.25) is 0 Å². The third kappa shape index (κ3) is 4.58. The molecule has 0 radical (unpaired) electrons. The number of nitrogens with two attached hydrogens (primary N) is 1. The molecule has 0 aliphatic rings. The van der Waals surface area contributed by atoms with E-state index >= 15 is 0 Å². The number of para-hydroxylation sites is 1. The minimum atomic E-state index is -4.02. The van der Waals surface area contributed by atoms with Crippen molar-refractivity contribution in [3.63, 3.8) is 0 Å². The quantitative estimate of drug-likeness (QED) is 0.378. The SMILES string of the molecule is CCNC(=O)c1cc2c(-c3cc(S(N)(=O)=O)ccc3Oc3c(C)cccc3C)cn(C)c(=O)c2[nH]1. The summed E-state index contributed by atoms with van der Waals surface area (Å²) in [5.41, 5.74) is 2.80. The third-order valence-electron chi connectivity index (χ3n) is 5.74. The summed E-state index contributed by atoms with van der Waals surface area (Å²) < 4.78 is 32.0. The van der Waals surface area contributed by atoms with Crippen LogP contribution in [0.5, 0.6) is 11.5 Å². The molecule has 0 fully saturated rings. The van der Waals surface area contributed by atoms with Crippen molar-refractivity contribution in [2.75, 3.05) is 6.54 Å². The van der Waals surface area contributed by atoms with Gasteiger partial charge < -0.3 is 19.6 Å². The fourth-order valence-corrected chi connectivity index (χ4v) is 4.52. The molecule has 0 atom stereocenters. The third-order valence-corrected chi connectivity index (χ3v) is 6.65. The number of aromatic nitrogens is 2. The Hall–Kier alpha value is -3.89. The van der Waals surface area contributed by atoms with Gasteiger partial charge in [-0.15, -0.1) is 0 Å². The van der Waals surface area contributed by atoms with Crippen LogP contribution in [0.15, 0.2) is 58.4 Å². The summed E-state index contributed by atoms with van der Waals surface area (Å²) in [4.78, 5) is 28.1. The molecule has 182 valence electrons. The van der Waals surface area contributed by atoms with E-state index in [1.807, 2.05) is 32.0 Å². The van der Waals surface area contributed by atoms with E-state index in [0.29, 0.717) is 34.6 Å². The van der Waals surface area contributed by atoms with Gasteiger partial charge in [0, 0.05) is 36.3 Å². The topological polar surface area (TPSA) is 136 Å². The summed E-state index contributed by atoms with van der Waals surface area (Å²) in [6.45, 7) is 6.04. The fraction of sp³-hybridized carbons (Fsp3) is 0.200. The highest BCUT2D eigenvalue weighted by molar-refractivity contribution is 7.89. The first-order chi connectivity index (χ1) is 16.5. The minimum absolute atomic E-state index is 0.108. The molecular weight excluding hydrogens is 468 g/mol. The number of sulfonamides is 1. The van der Waals surface area contributed by atoms with Crippen LogP contribution in [0.4, 0.5) is 0 Å². The molecule has 10 heteroatoms. The number of H-pyrrole nitrogens is 1. The lowest BCUT2D eigenvalue weighted by molar-refractivity contribution is 0.0951. The van der Waals surface area contributed by atoms with Gasteiger partial charge in [0.1, 0.15) is 22.7 Å². The molecule has 2 aromatic heterocycles. The molecule has 2 aromatic carbocycles. The Kier molecular flexibility index (Phi) is 6.27. The number of fused-ring (bicyclic) bond motifs is 1. The molecule has 1 amide bonds. The maximum absolute atomic E-state index is 12.8. The van der Waals surface area contributed by atoms with Gasteiger partial charge >= 0.3 is 0 Å². The molecule has 0 saturated heterocycles. The van der Waals surface area contributed by atoms with E-state index in [-0.39, 0.29) is 27.6 Å². The predicted molar refractivity (Wildman–Crippen MR) is 134 cm³/mol. The molecule has 2 heterocycles. The highest BCUT2D eigenvalue weighted by atomic mass is 32.2. The monoisotopic (exact) mass is 494 g/mol. The summed E-state index contributed by atoms with van der Waals surface area (Å²) in [6.07, 6.45) is 1.58. The van der Waals surface area contributed by atoms with Crippen LogP contribution in [0, 0.1) is 13.8 Å².